The van der Waals surface area contributed by atoms with Crippen LogP contribution in [0.15, 0.2) is 15.1 Å². The van der Waals surface area contributed by atoms with Crippen LogP contribution < -0.4 is 0 Å². The summed E-state index contributed by atoms with van der Waals surface area (Å²) in [4.78, 5) is 31.9. The largest absolute Gasteiger partial charge is 0.468 e. The van der Waals surface area contributed by atoms with E-state index in [0.717, 1.165) is 0 Å². The molecule has 0 aliphatic heterocycles. The highest BCUT2D eigenvalue weighted by molar-refractivity contribution is 9.11. The van der Waals surface area contributed by atoms with Crippen molar-refractivity contribution in [1.29, 1.82) is 0 Å². The van der Waals surface area contributed by atoms with E-state index < -0.39 is 11.9 Å². The summed E-state index contributed by atoms with van der Waals surface area (Å²) in [5.74, 6) is -1.94. The molecule has 1 unspecified atom stereocenters. The average Bonchev–Trinajstić information content (AvgIpc) is 2.75. The summed E-state index contributed by atoms with van der Waals surface area (Å²) in [7, 11) is 2.77. The van der Waals surface area contributed by atoms with Crippen molar-refractivity contribution >= 4 is 44.7 Å². The van der Waals surface area contributed by atoms with E-state index >= 15 is 0 Å². The van der Waals surface area contributed by atoms with Gasteiger partial charge in [0.25, 0.3) is 0 Å². The van der Waals surface area contributed by atoms with Gasteiger partial charge in [-0.3, -0.25) is 14.6 Å². The van der Waals surface area contributed by atoms with Crippen LogP contribution in [-0.2, 0) is 9.53 Å². The zero-order valence-corrected chi connectivity index (χ0v) is 12.0. The zero-order chi connectivity index (χ0) is 13.0. The molecule has 7 heteroatoms. The van der Waals surface area contributed by atoms with Crippen LogP contribution >= 0.6 is 27.3 Å². The molecule has 92 valence electrons. The first-order chi connectivity index (χ1) is 8.01. The molecule has 5 nitrogen and oxygen atoms in total. The summed E-state index contributed by atoms with van der Waals surface area (Å²) in [6.07, 6.45) is 1.43. The summed E-state index contributed by atoms with van der Waals surface area (Å²) < 4.78 is 5.21. The zero-order valence-electron chi connectivity index (χ0n) is 9.56. The number of hydrogen-bond acceptors (Lipinski definition) is 6. The van der Waals surface area contributed by atoms with Crippen LogP contribution in [0.1, 0.15) is 16.6 Å². The average molecular weight is 319 g/mol. The Morgan fingerprint density at radius 3 is 2.65 bits per heavy atom. The van der Waals surface area contributed by atoms with Crippen LogP contribution in [0, 0.1) is 5.92 Å². The second kappa shape index (κ2) is 6.02. The lowest BCUT2D eigenvalue weighted by Crippen LogP contribution is -2.31. The Kier molecular flexibility index (Phi) is 4.95. The van der Waals surface area contributed by atoms with Gasteiger partial charge in [0, 0.05) is 12.8 Å². The molecule has 0 fully saturated rings. The lowest BCUT2D eigenvalue weighted by atomic mass is 9.98. The number of halogens is 1. The van der Waals surface area contributed by atoms with Crippen molar-refractivity contribution in [3.63, 3.8) is 0 Å². The molecule has 1 atom stereocenters. The first-order valence-electron chi connectivity index (χ1n) is 4.68. The maximum Gasteiger partial charge on any atom is 0.322 e. The number of rotatable bonds is 4. The van der Waals surface area contributed by atoms with E-state index in [-0.39, 0.29) is 5.78 Å². The van der Waals surface area contributed by atoms with Gasteiger partial charge in [-0.15, -0.1) is 11.3 Å². The molecule has 0 aromatic carbocycles. The Morgan fingerprint density at radius 1 is 1.59 bits per heavy atom. The summed E-state index contributed by atoms with van der Waals surface area (Å²) in [6.45, 7) is 1.62. The van der Waals surface area contributed by atoms with Crippen LogP contribution in [0.4, 0.5) is 0 Å². The first kappa shape index (κ1) is 14.0. The number of methoxy groups -OCH3 is 1. The Labute approximate surface area is 111 Å². The summed E-state index contributed by atoms with van der Waals surface area (Å²) in [6, 6.07) is 0. The van der Waals surface area contributed by atoms with Crippen molar-refractivity contribution in [2.45, 2.75) is 6.92 Å². The van der Waals surface area contributed by atoms with E-state index in [4.69, 9.17) is 0 Å². The third-order valence-electron chi connectivity index (χ3n) is 2.19. The van der Waals surface area contributed by atoms with Crippen molar-refractivity contribution in [2.24, 2.45) is 10.9 Å². The molecule has 17 heavy (non-hydrogen) atoms. The van der Waals surface area contributed by atoms with Gasteiger partial charge in [0.1, 0.15) is 0 Å². The number of carbonyl (C=O) groups is 2. The topological polar surface area (TPSA) is 68.6 Å². The molecule has 0 saturated carbocycles. The molecule has 0 amide bonds. The van der Waals surface area contributed by atoms with E-state index in [1.165, 1.54) is 31.7 Å². The van der Waals surface area contributed by atoms with Crippen molar-refractivity contribution in [1.82, 2.24) is 4.98 Å². The normalized spacial score (nSPS) is 13.3. The molecule has 0 N–H and O–H groups in total. The second-order valence-electron chi connectivity index (χ2n) is 3.16. The number of carbonyl (C=O) groups excluding carboxylic acids is 2. The number of aromatic nitrogens is 1. The van der Waals surface area contributed by atoms with Gasteiger partial charge >= 0.3 is 5.97 Å². The minimum atomic E-state index is -0.989. The fraction of sp³-hybridized carbons (Fsp3) is 0.400. The monoisotopic (exact) mass is 318 g/mol. The van der Waals surface area contributed by atoms with E-state index in [1.807, 2.05) is 0 Å². The molecular formula is C10H11BrN2O3S. The van der Waals surface area contributed by atoms with Gasteiger partial charge in [0.15, 0.2) is 15.6 Å². The van der Waals surface area contributed by atoms with Crippen LogP contribution in [-0.4, -0.2) is 36.6 Å². The van der Waals surface area contributed by atoms with Gasteiger partial charge < -0.3 is 4.74 Å². The number of hydrogen-bond donors (Lipinski definition) is 0. The number of ketones is 1. The van der Waals surface area contributed by atoms with E-state index in [9.17, 15) is 9.59 Å². The standard InChI is InChI=1S/C10H11BrN2O3S/c1-5(12-2)7(9(15)16-3)8(14)6-4-13-10(11)17-6/h4,7H,1-3H3/b12-5+. The summed E-state index contributed by atoms with van der Waals surface area (Å²) >= 11 is 4.34. The fourth-order valence-electron chi connectivity index (χ4n) is 1.22. The van der Waals surface area contributed by atoms with Crippen LogP contribution in [0.25, 0.3) is 0 Å². The predicted octanol–water partition coefficient (Wildman–Crippen LogP) is 1.97. The number of aliphatic imine (C=N–C) groups is 1. The van der Waals surface area contributed by atoms with E-state index in [1.54, 1.807) is 6.92 Å². The number of thiazole rings is 1. The second-order valence-corrected chi connectivity index (χ2v) is 5.47. The maximum absolute atomic E-state index is 12.1. The lowest BCUT2D eigenvalue weighted by molar-refractivity contribution is -0.141. The Balaban J connectivity index is 3.07. The van der Waals surface area contributed by atoms with Gasteiger partial charge in [-0.25, -0.2) is 4.98 Å². The van der Waals surface area contributed by atoms with Gasteiger partial charge in [-0.2, -0.15) is 0 Å². The van der Waals surface area contributed by atoms with E-state index in [0.29, 0.717) is 14.5 Å². The van der Waals surface area contributed by atoms with Crippen molar-refractivity contribution in [3.05, 3.63) is 15.0 Å². The highest BCUT2D eigenvalue weighted by Crippen LogP contribution is 2.22. The highest BCUT2D eigenvalue weighted by Gasteiger charge is 2.32. The molecule has 1 heterocycles. The molecule has 1 aromatic heterocycles. The van der Waals surface area contributed by atoms with Crippen molar-refractivity contribution in [2.75, 3.05) is 14.2 Å². The van der Waals surface area contributed by atoms with E-state index in [2.05, 4.69) is 30.6 Å². The molecule has 0 spiro atoms. The molecule has 1 rings (SSSR count). The van der Waals surface area contributed by atoms with Crippen molar-refractivity contribution in [3.8, 4) is 0 Å². The molecule has 0 aliphatic rings. The van der Waals surface area contributed by atoms with Gasteiger partial charge in [0.05, 0.1) is 18.2 Å². The number of Topliss-reactive ketones (excluding diaryl/α,β-unsaturated/α-hetero) is 1. The first-order valence-corrected chi connectivity index (χ1v) is 6.28. The number of esters is 1. The Morgan fingerprint density at radius 2 is 2.24 bits per heavy atom. The quantitative estimate of drug-likeness (QED) is 0.368. The minimum Gasteiger partial charge on any atom is -0.468 e. The molecule has 1 aromatic rings. The Hall–Kier alpha value is -1.08. The smallest absolute Gasteiger partial charge is 0.322 e. The Bertz CT molecular complexity index is 470. The predicted molar refractivity (Wildman–Crippen MR) is 68.7 cm³/mol. The van der Waals surface area contributed by atoms with Gasteiger partial charge in [0.2, 0.25) is 0 Å². The minimum absolute atomic E-state index is 0.344. The molecule has 0 radical (unpaired) electrons. The summed E-state index contributed by atoms with van der Waals surface area (Å²) in [5.41, 5.74) is 0.423. The molecule has 0 saturated heterocycles. The molecule has 0 bridgehead atoms. The van der Waals surface area contributed by atoms with Gasteiger partial charge in [-0.1, -0.05) is 0 Å². The highest BCUT2D eigenvalue weighted by atomic mass is 79.9. The molecular weight excluding hydrogens is 308 g/mol. The molecule has 0 aliphatic carbocycles. The van der Waals surface area contributed by atoms with Crippen LogP contribution in [0.3, 0.4) is 0 Å². The lowest BCUT2D eigenvalue weighted by Gasteiger charge is -2.11. The SMILES string of the molecule is C/N=C(\C)C(C(=O)OC)C(=O)c1cnc(Br)s1. The number of nitrogens with zero attached hydrogens (tertiary/aromatic N) is 2. The van der Waals surface area contributed by atoms with Crippen molar-refractivity contribution < 1.29 is 14.3 Å². The van der Waals surface area contributed by atoms with Gasteiger partial charge in [-0.05, 0) is 22.9 Å². The third-order valence-corrected chi connectivity index (χ3v) is 3.68. The fourth-order valence-corrected chi connectivity index (χ4v) is 2.46. The van der Waals surface area contributed by atoms with Crippen LogP contribution in [0.2, 0.25) is 0 Å². The maximum atomic E-state index is 12.1. The third kappa shape index (κ3) is 3.19. The number of ether oxygens (including phenoxy) is 1. The van der Waals surface area contributed by atoms with Crippen LogP contribution in [0.5, 0.6) is 0 Å². The summed E-state index contributed by atoms with van der Waals surface area (Å²) in [5, 5.41) is 0.